The Labute approximate surface area is 149 Å². The van der Waals surface area contributed by atoms with Crippen LogP contribution in [0.25, 0.3) is 0 Å². The van der Waals surface area contributed by atoms with Crippen LogP contribution >= 0.6 is 0 Å². The van der Waals surface area contributed by atoms with Crippen LogP contribution in [0.4, 0.5) is 10.1 Å². The van der Waals surface area contributed by atoms with Crippen LogP contribution in [0.2, 0.25) is 0 Å². The summed E-state index contributed by atoms with van der Waals surface area (Å²) in [5.74, 6) is 4.37. The van der Waals surface area contributed by atoms with Crippen molar-refractivity contribution < 1.29 is 9.18 Å². The molecule has 0 atom stereocenters. The van der Waals surface area contributed by atoms with E-state index in [1.165, 1.54) is 24.4 Å². The number of benzene rings is 1. The molecule has 0 bridgehead atoms. The van der Waals surface area contributed by atoms with Crippen LogP contribution in [0, 0.1) is 29.0 Å². The van der Waals surface area contributed by atoms with Gasteiger partial charge in [-0.1, -0.05) is 12.0 Å². The number of pyridine rings is 2. The van der Waals surface area contributed by atoms with Gasteiger partial charge in [0.25, 0.3) is 5.91 Å². The van der Waals surface area contributed by atoms with Crippen molar-refractivity contribution in [1.82, 2.24) is 9.97 Å². The van der Waals surface area contributed by atoms with Gasteiger partial charge in [0, 0.05) is 11.8 Å². The number of hydrogen-bond acceptors (Lipinski definition) is 4. The van der Waals surface area contributed by atoms with Crippen LogP contribution < -0.4 is 5.32 Å². The Morgan fingerprint density at radius 2 is 1.92 bits per heavy atom. The van der Waals surface area contributed by atoms with E-state index in [9.17, 15) is 9.18 Å². The molecule has 6 heteroatoms. The Bertz CT molecular complexity index is 1060. The number of aromatic nitrogens is 2. The second kappa shape index (κ2) is 7.69. The van der Waals surface area contributed by atoms with E-state index in [2.05, 4.69) is 27.1 Å². The minimum absolute atomic E-state index is 0.126. The van der Waals surface area contributed by atoms with E-state index in [-0.39, 0.29) is 11.3 Å². The molecule has 3 aromatic rings. The Hall–Kier alpha value is -4.03. The summed E-state index contributed by atoms with van der Waals surface area (Å²) < 4.78 is 14.0. The first kappa shape index (κ1) is 16.8. The third-order valence-corrected chi connectivity index (χ3v) is 3.33. The lowest BCUT2D eigenvalue weighted by Crippen LogP contribution is -2.14. The number of carbonyl (C=O) groups excluding carboxylic acids is 1. The Balaban J connectivity index is 1.85. The molecule has 2 heterocycles. The largest absolute Gasteiger partial charge is 0.320 e. The summed E-state index contributed by atoms with van der Waals surface area (Å²) >= 11 is 0. The normalized spacial score (nSPS) is 9.54. The molecule has 0 saturated heterocycles. The fraction of sp³-hybridized carbons (Fsp3) is 0. The number of carbonyl (C=O) groups is 1. The topological polar surface area (TPSA) is 78.7 Å². The van der Waals surface area contributed by atoms with Gasteiger partial charge in [-0.2, -0.15) is 5.26 Å². The summed E-state index contributed by atoms with van der Waals surface area (Å²) in [7, 11) is 0. The van der Waals surface area contributed by atoms with Gasteiger partial charge >= 0.3 is 0 Å². The van der Waals surface area contributed by atoms with Gasteiger partial charge in [-0.15, -0.1) is 0 Å². The lowest BCUT2D eigenvalue weighted by atomic mass is 10.1. The van der Waals surface area contributed by atoms with Gasteiger partial charge in [0.05, 0.1) is 17.4 Å². The second-order valence-corrected chi connectivity index (χ2v) is 5.16. The number of nitrogens with zero attached hydrogens (tertiary/aromatic N) is 3. The third kappa shape index (κ3) is 4.08. The van der Waals surface area contributed by atoms with E-state index >= 15 is 0 Å². The van der Waals surface area contributed by atoms with Crippen LogP contribution in [0.5, 0.6) is 0 Å². The Morgan fingerprint density at radius 1 is 1.08 bits per heavy atom. The maximum Gasteiger partial charge on any atom is 0.258 e. The standard InChI is InChI=1S/C20H11FN4O/c21-19-9-7-14(6-8-15-3-1-4-16(12-22)24-15)11-18(19)20(26)25-17-5-2-10-23-13-17/h1-5,7,9-11,13H,(H,25,26). The van der Waals surface area contributed by atoms with Crippen LogP contribution in [0.15, 0.2) is 60.9 Å². The quantitative estimate of drug-likeness (QED) is 0.726. The van der Waals surface area contributed by atoms with E-state index in [1.54, 1.807) is 36.5 Å². The summed E-state index contributed by atoms with van der Waals surface area (Å²) in [6, 6.07) is 14.2. The summed E-state index contributed by atoms with van der Waals surface area (Å²) in [6.07, 6.45) is 3.04. The minimum Gasteiger partial charge on any atom is -0.320 e. The van der Waals surface area contributed by atoms with Crippen molar-refractivity contribution >= 4 is 11.6 Å². The molecule has 1 aromatic carbocycles. The fourth-order valence-corrected chi connectivity index (χ4v) is 2.11. The number of anilines is 1. The Kier molecular flexibility index (Phi) is 4.98. The highest BCUT2D eigenvalue weighted by molar-refractivity contribution is 6.04. The summed E-state index contributed by atoms with van der Waals surface area (Å²) in [5.41, 5.74) is 1.46. The number of nitrogens with one attached hydrogen (secondary N) is 1. The van der Waals surface area contributed by atoms with Crippen LogP contribution in [0.3, 0.4) is 0 Å². The average molecular weight is 342 g/mol. The molecule has 3 rings (SSSR count). The van der Waals surface area contributed by atoms with E-state index < -0.39 is 11.7 Å². The molecule has 0 aliphatic heterocycles. The molecular formula is C20H11FN4O. The van der Waals surface area contributed by atoms with Crippen molar-refractivity contribution in [2.45, 2.75) is 0 Å². The molecule has 0 unspecified atom stereocenters. The molecule has 26 heavy (non-hydrogen) atoms. The van der Waals surface area contributed by atoms with E-state index in [0.29, 0.717) is 16.9 Å². The molecule has 0 radical (unpaired) electrons. The van der Waals surface area contributed by atoms with Crippen molar-refractivity contribution in [3.05, 3.63) is 89.3 Å². The number of hydrogen-bond donors (Lipinski definition) is 1. The van der Waals surface area contributed by atoms with E-state index in [1.807, 2.05) is 6.07 Å². The van der Waals surface area contributed by atoms with Crippen LogP contribution in [-0.2, 0) is 0 Å². The van der Waals surface area contributed by atoms with Gasteiger partial charge in [0.15, 0.2) is 0 Å². The van der Waals surface area contributed by atoms with Crippen molar-refractivity contribution in [3.63, 3.8) is 0 Å². The first-order valence-electron chi connectivity index (χ1n) is 7.56. The second-order valence-electron chi connectivity index (χ2n) is 5.16. The molecule has 1 N–H and O–H groups in total. The van der Waals surface area contributed by atoms with Gasteiger partial charge in [-0.05, 0) is 48.4 Å². The van der Waals surface area contributed by atoms with Crippen molar-refractivity contribution in [2.75, 3.05) is 5.32 Å². The zero-order chi connectivity index (χ0) is 18.4. The maximum atomic E-state index is 14.0. The molecule has 0 aliphatic rings. The maximum absolute atomic E-state index is 14.0. The third-order valence-electron chi connectivity index (χ3n) is 3.33. The molecule has 0 fully saturated rings. The SMILES string of the molecule is N#Cc1cccc(C#Cc2ccc(F)c(C(=O)Nc3cccnc3)c2)n1. The number of nitriles is 1. The molecule has 0 saturated carbocycles. The molecule has 5 nitrogen and oxygen atoms in total. The zero-order valence-corrected chi connectivity index (χ0v) is 13.4. The number of halogens is 1. The average Bonchev–Trinajstić information content (AvgIpc) is 2.68. The summed E-state index contributed by atoms with van der Waals surface area (Å²) in [4.78, 5) is 20.2. The Morgan fingerprint density at radius 3 is 2.69 bits per heavy atom. The molecule has 1 amide bonds. The van der Waals surface area contributed by atoms with Crippen molar-refractivity contribution in [2.24, 2.45) is 0 Å². The number of rotatable bonds is 2. The smallest absolute Gasteiger partial charge is 0.258 e. The zero-order valence-electron chi connectivity index (χ0n) is 13.4. The van der Waals surface area contributed by atoms with E-state index in [4.69, 9.17) is 5.26 Å². The molecular weight excluding hydrogens is 331 g/mol. The van der Waals surface area contributed by atoms with Gasteiger partial charge < -0.3 is 5.32 Å². The lowest BCUT2D eigenvalue weighted by molar-refractivity contribution is 0.102. The molecule has 0 aliphatic carbocycles. The highest BCUT2D eigenvalue weighted by atomic mass is 19.1. The predicted molar refractivity (Wildman–Crippen MR) is 93.5 cm³/mol. The fourth-order valence-electron chi connectivity index (χ4n) is 2.11. The minimum atomic E-state index is -0.651. The first-order valence-corrected chi connectivity index (χ1v) is 7.56. The summed E-state index contributed by atoms with van der Waals surface area (Å²) in [5, 5.41) is 11.4. The van der Waals surface area contributed by atoms with Crippen LogP contribution in [-0.4, -0.2) is 15.9 Å². The highest BCUT2D eigenvalue weighted by Crippen LogP contribution is 2.13. The monoisotopic (exact) mass is 342 g/mol. The molecule has 2 aromatic heterocycles. The van der Waals surface area contributed by atoms with Gasteiger partial charge in [0.1, 0.15) is 23.3 Å². The first-order chi connectivity index (χ1) is 12.7. The predicted octanol–water partition coefficient (Wildman–Crippen LogP) is 3.14. The molecule has 0 spiro atoms. The van der Waals surface area contributed by atoms with Crippen molar-refractivity contribution in [3.8, 4) is 17.9 Å². The van der Waals surface area contributed by atoms with Crippen molar-refractivity contribution in [1.29, 1.82) is 5.26 Å². The van der Waals surface area contributed by atoms with Crippen LogP contribution in [0.1, 0.15) is 27.3 Å². The van der Waals surface area contributed by atoms with E-state index in [0.717, 1.165) is 0 Å². The summed E-state index contributed by atoms with van der Waals surface area (Å²) in [6.45, 7) is 0. The van der Waals surface area contributed by atoms with Gasteiger partial charge in [0.2, 0.25) is 0 Å². The van der Waals surface area contributed by atoms with Gasteiger partial charge in [-0.3, -0.25) is 9.78 Å². The van der Waals surface area contributed by atoms with Gasteiger partial charge in [-0.25, -0.2) is 9.37 Å². The highest BCUT2D eigenvalue weighted by Gasteiger charge is 2.12. The molecule has 124 valence electrons. The lowest BCUT2D eigenvalue weighted by Gasteiger charge is -2.06. The number of amides is 1.